The topological polar surface area (TPSA) is 96.0 Å². The van der Waals surface area contributed by atoms with E-state index in [0.29, 0.717) is 22.7 Å². The second-order valence-corrected chi connectivity index (χ2v) is 12.0. The Bertz CT molecular complexity index is 1190. The van der Waals surface area contributed by atoms with Crippen molar-refractivity contribution in [3.8, 4) is 0 Å². The van der Waals surface area contributed by atoms with E-state index >= 15 is 0 Å². The van der Waals surface area contributed by atoms with Crippen LogP contribution in [0.2, 0.25) is 0 Å². The predicted octanol–water partition coefficient (Wildman–Crippen LogP) is 4.12. The van der Waals surface area contributed by atoms with Crippen LogP contribution in [0, 0.1) is 0 Å². The molecule has 2 aliphatic rings. The maximum atomic E-state index is 13.1. The second-order valence-electron chi connectivity index (χ2n) is 8.99. The van der Waals surface area contributed by atoms with E-state index in [-0.39, 0.29) is 17.5 Å². The summed E-state index contributed by atoms with van der Waals surface area (Å²) < 4.78 is 33.0. The number of carbonyl (C=O) groups is 2. The highest BCUT2D eigenvalue weighted by atomic mass is 32.2. The van der Waals surface area contributed by atoms with Gasteiger partial charge in [0.05, 0.1) is 17.1 Å². The Morgan fingerprint density at radius 3 is 2.54 bits per heavy atom. The number of fused-ring (bicyclic) bond motifs is 1. The number of rotatable bonds is 7. The molecule has 10 heteroatoms. The van der Waals surface area contributed by atoms with Crippen LogP contribution in [0.4, 0.5) is 5.00 Å². The Balaban J connectivity index is 1.56. The molecule has 2 aromatic rings. The third-order valence-corrected chi connectivity index (χ3v) is 9.91. The summed E-state index contributed by atoms with van der Waals surface area (Å²) in [6, 6.07) is 5.97. The molecule has 1 atom stereocenters. The zero-order valence-electron chi connectivity index (χ0n) is 20.5. The van der Waals surface area contributed by atoms with E-state index in [1.54, 1.807) is 11.2 Å². The average molecular weight is 520 g/mol. The van der Waals surface area contributed by atoms with Crippen molar-refractivity contribution in [1.29, 1.82) is 0 Å². The van der Waals surface area contributed by atoms with Crippen LogP contribution in [0.1, 0.15) is 71.2 Å². The number of piperidine rings is 1. The van der Waals surface area contributed by atoms with Crippen LogP contribution in [0.3, 0.4) is 0 Å². The van der Waals surface area contributed by atoms with E-state index in [0.717, 1.165) is 55.8 Å². The van der Waals surface area contributed by atoms with Crippen molar-refractivity contribution in [1.82, 2.24) is 9.21 Å². The number of likely N-dealkylation sites (N-methyl/N-ethyl adjacent to an activating group) is 1. The molecule has 0 saturated carbocycles. The molecule has 0 bridgehead atoms. The van der Waals surface area contributed by atoms with Gasteiger partial charge in [-0.3, -0.25) is 9.69 Å². The van der Waals surface area contributed by atoms with E-state index in [1.165, 1.54) is 35.6 Å². The third kappa shape index (κ3) is 5.30. The summed E-state index contributed by atoms with van der Waals surface area (Å²) in [5.74, 6) is -0.820. The molecular weight excluding hydrogens is 486 g/mol. The first kappa shape index (κ1) is 25.8. The molecule has 0 radical (unpaired) electrons. The minimum absolute atomic E-state index is 0.0356. The maximum absolute atomic E-state index is 13.1. The van der Waals surface area contributed by atoms with Gasteiger partial charge in [0.25, 0.3) is 5.91 Å². The number of hydrogen-bond acceptors (Lipinski definition) is 7. The van der Waals surface area contributed by atoms with Crippen molar-refractivity contribution < 1.29 is 22.7 Å². The molecule has 1 aromatic heterocycles. The number of nitrogens with zero attached hydrogens (tertiary/aromatic N) is 2. The number of thiophene rings is 1. The summed E-state index contributed by atoms with van der Waals surface area (Å²) in [6.45, 7) is 9.06. The molecule has 2 aliphatic heterocycles. The number of ether oxygens (including phenoxy) is 1. The van der Waals surface area contributed by atoms with Gasteiger partial charge in [-0.15, -0.1) is 11.3 Å². The van der Waals surface area contributed by atoms with Crippen molar-refractivity contribution in [3.05, 3.63) is 45.8 Å². The Hall–Kier alpha value is -2.27. The highest BCUT2D eigenvalue weighted by molar-refractivity contribution is 7.89. The van der Waals surface area contributed by atoms with E-state index in [2.05, 4.69) is 17.1 Å². The molecule has 1 fully saturated rings. The van der Waals surface area contributed by atoms with Gasteiger partial charge in [0.1, 0.15) is 5.00 Å². The van der Waals surface area contributed by atoms with Gasteiger partial charge in [-0.25, -0.2) is 13.2 Å². The number of nitrogens with one attached hydrogen (secondary N) is 1. The first-order valence-electron chi connectivity index (χ1n) is 12.2. The van der Waals surface area contributed by atoms with Crippen LogP contribution >= 0.6 is 11.3 Å². The normalized spacial score (nSPS) is 19.2. The fourth-order valence-electron chi connectivity index (χ4n) is 4.75. The fraction of sp³-hybridized carbons (Fsp3) is 0.520. The smallest absolute Gasteiger partial charge is 0.341 e. The summed E-state index contributed by atoms with van der Waals surface area (Å²) in [5.41, 5.74) is 1.71. The van der Waals surface area contributed by atoms with Crippen molar-refractivity contribution in [2.75, 3.05) is 31.6 Å². The van der Waals surface area contributed by atoms with Gasteiger partial charge in [0.2, 0.25) is 10.0 Å². The molecule has 8 nitrogen and oxygen atoms in total. The summed E-state index contributed by atoms with van der Waals surface area (Å²) in [4.78, 5) is 29.4. The van der Waals surface area contributed by atoms with E-state index in [4.69, 9.17) is 4.74 Å². The molecule has 0 aliphatic carbocycles. The quantitative estimate of drug-likeness (QED) is 0.553. The first-order chi connectivity index (χ1) is 16.8. The van der Waals surface area contributed by atoms with Crippen LogP contribution in [0.5, 0.6) is 0 Å². The van der Waals surface area contributed by atoms with E-state index in [9.17, 15) is 18.0 Å². The van der Waals surface area contributed by atoms with Gasteiger partial charge in [-0.2, -0.15) is 4.31 Å². The monoisotopic (exact) mass is 519 g/mol. The third-order valence-electron chi connectivity index (χ3n) is 6.75. The lowest BCUT2D eigenvalue weighted by molar-refractivity contribution is 0.0526. The number of esters is 1. The molecule has 35 heavy (non-hydrogen) atoms. The highest BCUT2D eigenvalue weighted by Crippen LogP contribution is 2.38. The maximum Gasteiger partial charge on any atom is 0.341 e. The molecule has 1 saturated heterocycles. The largest absolute Gasteiger partial charge is 0.462 e. The molecule has 3 heterocycles. The number of carbonyl (C=O) groups excluding carboxylic acids is 2. The summed E-state index contributed by atoms with van der Waals surface area (Å²) in [5, 5.41) is 3.37. The number of anilines is 1. The summed E-state index contributed by atoms with van der Waals surface area (Å²) in [7, 11) is -3.61. The van der Waals surface area contributed by atoms with Gasteiger partial charge >= 0.3 is 5.97 Å². The number of hydrogen-bond donors (Lipinski definition) is 1. The number of sulfonamides is 1. The van der Waals surface area contributed by atoms with Gasteiger partial charge in [-0.1, -0.05) is 13.3 Å². The van der Waals surface area contributed by atoms with Gasteiger partial charge in [-0.05, 0) is 69.5 Å². The van der Waals surface area contributed by atoms with Crippen LogP contribution < -0.4 is 5.32 Å². The van der Waals surface area contributed by atoms with E-state index in [1.807, 2.05) is 6.92 Å². The van der Waals surface area contributed by atoms with Gasteiger partial charge in [0, 0.05) is 36.1 Å². The minimum atomic E-state index is -3.61. The van der Waals surface area contributed by atoms with Gasteiger partial charge < -0.3 is 10.1 Å². The molecule has 0 spiro atoms. The van der Waals surface area contributed by atoms with Crippen molar-refractivity contribution in [2.24, 2.45) is 0 Å². The lowest BCUT2D eigenvalue weighted by Gasteiger charge is -2.32. The standard InChI is InChI=1S/C25H33N3O5S2/c1-4-27-15-13-20-21(16-27)34-24(22(20)25(30)33-5-2)26-23(29)18-9-11-19(12-10-18)35(31,32)28-14-7-6-8-17(28)3/h9-12,17H,4-8,13-16H2,1-3H3,(H,26,29)/t17-/m0/s1. The lowest BCUT2D eigenvalue weighted by Crippen LogP contribution is -2.41. The summed E-state index contributed by atoms with van der Waals surface area (Å²) in [6.07, 6.45) is 3.46. The summed E-state index contributed by atoms with van der Waals surface area (Å²) >= 11 is 1.41. The lowest BCUT2D eigenvalue weighted by atomic mass is 10.0. The molecule has 1 aromatic carbocycles. The first-order valence-corrected chi connectivity index (χ1v) is 14.5. The van der Waals surface area contributed by atoms with Crippen molar-refractivity contribution in [3.63, 3.8) is 0 Å². The van der Waals surface area contributed by atoms with Crippen LogP contribution in [-0.4, -0.2) is 61.8 Å². The van der Waals surface area contributed by atoms with Crippen LogP contribution in [0.25, 0.3) is 0 Å². The Morgan fingerprint density at radius 2 is 1.89 bits per heavy atom. The molecule has 190 valence electrons. The van der Waals surface area contributed by atoms with Crippen molar-refractivity contribution in [2.45, 2.75) is 63.9 Å². The molecule has 1 N–H and O–H groups in total. The second kappa shape index (κ2) is 10.8. The average Bonchev–Trinajstić information content (AvgIpc) is 3.21. The Kier molecular flexibility index (Phi) is 7.95. The van der Waals surface area contributed by atoms with Crippen molar-refractivity contribution >= 4 is 38.2 Å². The molecule has 4 rings (SSSR count). The zero-order valence-corrected chi connectivity index (χ0v) is 22.1. The highest BCUT2D eigenvalue weighted by Gasteiger charge is 2.32. The van der Waals surface area contributed by atoms with E-state index < -0.39 is 21.9 Å². The van der Waals surface area contributed by atoms with Gasteiger partial charge in [0.15, 0.2) is 0 Å². The van der Waals surface area contributed by atoms with Crippen LogP contribution in [-0.2, 0) is 27.7 Å². The number of amides is 1. The Morgan fingerprint density at radius 1 is 1.14 bits per heavy atom. The fourth-order valence-corrected chi connectivity index (χ4v) is 7.72. The molecular formula is C25H33N3O5S2. The minimum Gasteiger partial charge on any atom is -0.462 e. The molecule has 1 amide bonds. The number of benzene rings is 1. The molecule has 0 unspecified atom stereocenters. The predicted molar refractivity (Wildman–Crippen MR) is 137 cm³/mol. The zero-order chi connectivity index (χ0) is 25.2. The Labute approximate surface area is 211 Å². The SMILES string of the molecule is CCOC(=O)c1c(NC(=O)c2ccc(S(=O)(=O)N3CCCC[C@@H]3C)cc2)sc2c1CCN(CC)C2. The van der Waals surface area contributed by atoms with Crippen LogP contribution in [0.15, 0.2) is 29.2 Å².